The fraction of sp³-hybridized carbons (Fsp3) is 0.571. The Morgan fingerprint density at radius 1 is 1.47 bits per heavy atom. The number of nitrogens with two attached hydrogens (primary N) is 1. The van der Waals surface area contributed by atoms with E-state index in [0.29, 0.717) is 12.6 Å². The summed E-state index contributed by atoms with van der Waals surface area (Å²) < 4.78 is 5.80. The minimum Gasteiger partial charge on any atom is -0.376 e. The zero-order chi connectivity index (χ0) is 12.1. The zero-order valence-corrected chi connectivity index (χ0v) is 10.6. The molecule has 0 aromatic heterocycles. The third-order valence-corrected chi connectivity index (χ3v) is 3.21. The Kier molecular flexibility index (Phi) is 4.40. The van der Waals surface area contributed by atoms with E-state index >= 15 is 0 Å². The number of nitrogens with zero attached hydrogens (tertiary/aromatic N) is 1. The predicted molar refractivity (Wildman–Crippen MR) is 71.4 cm³/mol. The lowest BCUT2D eigenvalue weighted by molar-refractivity contribution is 0.0676. The highest BCUT2D eigenvalue weighted by atomic mass is 16.5. The number of rotatable bonds is 5. The Labute approximate surface area is 104 Å². The van der Waals surface area contributed by atoms with Crippen molar-refractivity contribution in [3.05, 3.63) is 29.8 Å². The summed E-state index contributed by atoms with van der Waals surface area (Å²) in [6, 6.07) is 8.67. The van der Waals surface area contributed by atoms with Gasteiger partial charge in [-0.25, -0.2) is 0 Å². The Morgan fingerprint density at radius 2 is 2.35 bits per heavy atom. The third kappa shape index (κ3) is 3.45. The van der Waals surface area contributed by atoms with Gasteiger partial charge in [0.15, 0.2) is 0 Å². The maximum Gasteiger partial charge on any atom is 0.0766 e. The molecule has 0 bridgehead atoms. The van der Waals surface area contributed by atoms with Crippen LogP contribution in [0.25, 0.3) is 0 Å². The first-order chi connectivity index (χ1) is 8.29. The molecule has 0 aliphatic carbocycles. The van der Waals surface area contributed by atoms with Gasteiger partial charge in [-0.15, -0.1) is 0 Å². The van der Waals surface area contributed by atoms with E-state index < -0.39 is 0 Å². The van der Waals surface area contributed by atoms with Crippen molar-refractivity contribution < 1.29 is 4.74 Å². The summed E-state index contributed by atoms with van der Waals surface area (Å²) in [4.78, 5) is 2.40. The summed E-state index contributed by atoms with van der Waals surface area (Å²) >= 11 is 0. The standard InChI is InChI=1S/C14H22N2O/c1-12-4-2-5-13(10-12)16-8-6-14(11-16)17-9-3-7-15/h2,4-5,10,14H,3,6-9,11,15H2,1H3/t14-/m0/s1. The fourth-order valence-electron chi connectivity index (χ4n) is 2.26. The molecular formula is C14H22N2O. The normalized spacial score (nSPS) is 19.9. The average molecular weight is 234 g/mol. The molecule has 0 radical (unpaired) electrons. The smallest absolute Gasteiger partial charge is 0.0766 e. The number of ether oxygens (including phenoxy) is 1. The van der Waals surface area contributed by atoms with E-state index in [0.717, 1.165) is 32.5 Å². The first-order valence-corrected chi connectivity index (χ1v) is 6.43. The minimum absolute atomic E-state index is 0.377. The highest BCUT2D eigenvalue weighted by Crippen LogP contribution is 2.22. The largest absolute Gasteiger partial charge is 0.376 e. The summed E-state index contributed by atoms with van der Waals surface area (Å²) in [5.41, 5.74) is 8.09. The molecule has 0 spiro atoms. The molecule has 1 aliphatic rings. The molecule has 0 amide bonds. The molecule has 94 valence electrons. The minimum atomic E-state index is 0.377. The van der Waals surface area contributed by atoms with Crippen molar-refractivity contribution in [2.24, 2.45) is 5.73 Å². The molecule has 0 saturated carbocycles. The molecule has 1 aliphatic heterocycles. The lowest BCUT2D eigenvalue weighted by atomic mass is 10.2. The first-order valence-electron chi connectivity index (χ1n) is 6.43. The van der Waals surface area contributed by atoms with Gasteiger partial charge in [-0.3, -0.25) is 0 Å². The van der Waals surface area contributed by atoms with Gasteiger partial charge in [-0.05, 0) is 44.0 Å². The third-order valence-electron chi connectivity index (χ3n) is 3.21. The van der Waals surface area contributed by atoms with Crippen LogP contribution in [-0.2, 0) is 4.74 Å². The second-order valence-electron chi connectivity index (χ2n) is 4.71. The van der Waals surface area contributed by atoms with E-state index in [-0.39, 0.29) is 0 Å². The molecule has 17 heavy (non-hydrogen) atoms. The Balaban J connectivity index is 1.85. The number of hydrogen-bond donors (Lipinski definition) is 1. The van der Waals surface area contributed by atoms with E-state index in [4.69, 9.17) is 10.5 Å². The summed E-state index contributed by atoms with van der Waals surface area (Å²) in [6.45, 7) is 5.75. The van der Waals surface area contributed by atoms with Crippen LogP contribution < -0.4 is 10.6 Å². The van der Waals surface area contributed by atoms with E-state index in [1.54, 1.807) is 0 Å². The van der Waals surface area contributed by atoms with Gasteiger partial charge in [0.05, 0.1) is 6.10 Å². The second-order valence-corrected chi connectivity index (χ2v) is 4.71. The predicted octanol–water partition coefficient (Wildman–Crippen LogP) is 1.94. The van der Waals surface area contributed by atoms with Crippen LogP contribution in [0.2, 0.25) is 0 Å². The van der Waals surface area contributed by atoms with Gasteiger partial charge in [-0.1, -0.05) is 12.1 Å². The molecule has 1 heterocycles. The first kappa shape index (κ1) is 12.4. The van der Waals surface area contributed by atoms with Crippen molar-refractivity contribution in [1.29, 1.82) is 0 Å². The van der Waals surface area contributed by atoms with Gasteiger partial charge in [0, 0.05) is 25.4 Å². The van der Waals surface area contributed by atoms with Crippen molar-refractivity contribution in [2.45, 2.75) is 25.9 Å². The molecule has 1 fully saturated rings. The maximum atomic E-state index is 5.80. The Morgan fingerprint density at radius 3 is 3.12 bits per heavy atom. The molecule has 0 unspecified atom stereocenters. The van der Waals surface area contributed by atoms with Crippen molar-refractivity contribution >= 4 is 5.69 Å². The van der Waals surface area contributed by atoms with Crippen LogP contribution in [0, 0.1) is 6.92 Å². The zero-order valence-electron chi connectivity index (χ0n) is 10.6. The van der Waals surface area contributed by atoms with Crippen LogP contribution in [0.15, 0.2) is 24.3 Å². The molecule has 2 rings (SSSR count). The van der Waals surface area contributed by atoms with Gasteiger partial charge >= 0.3 is 0 Å². The van der Waals surface area contributed by atoms with Crippen LogP contribution in [0.3, 0.4) is 0 Å². The molecule has 1 aromatic rings. The summed E-state index contributed by atoms with van der Waals surface area (Å²) in [7, 11) is 0. The highest BCUT2D eigenvalue weighted by molar-refractivity contribution is 5.49. The lowest BCUT2D eigenvalue weighted by Gasteiger charge is -2.19. The summed E-state index contributed by atoms with van der Waals surface area (Å²) in [5.74, 6) is 0. The molecule has 3 heteroatoms. The molecule has 1 atom stereocenters. The van der Waals surface area contributed by atoms with Gasteiger partial charge in [0.2, 0.25) is 0 Å². The van der Waals surface area contributed by atoms with Crippen LogP contribution in [0.4, 0.5) is 5.69 Å². The molecule has 3 nitrogen and oxygen atoms in total. The van der Waals surface area contributed by atoms with Crippen LogP contribution in [0.1, 0.15) is 18.4 Å². The van der Waals surface area contributed by atoms with E-state index in [1.165, 1.54) is 11.3 Å². The average Bonchev–Trinajstić information content (AvgIpc) is 2.78. The number of aryl methyl sites for hydroxylation is 1. The second kappa shape index (κ2) is 6.03. The Hall–Kier alpha value is -1.06. The van der Waals surface area contributed by atoms with Crippen molar-refractivity contribution in [1.82, 2.24) is 0 Å². The summed E-state index contributed by atoms with van der Waals surface area (Å²) in [5, 5.41) is 0. The molecule has 2 N–H and O–H groups in total. The van der Waals surface area contributed by atoms with Crippen molar-refractivity contribution in [2.75, 3.05) is 31.1 Å². The SMILES string of the molecule is Cc1cccc(N2CC[C@H](OCCCN)C2)c1. The summed E-state index contributed by atoms with van der Waals surface area (Å²) in [6.07, 6.45) is 2.46. The molecule has 1 aromatic carbocycles. The number of anilines is 1. The van der Waals surface area contributed by atoms with Gasteiger partial charge < -0.3 is 15.4 Å². The quantitative estimate of drug-likeness (QED) is 0.791. The van der Waals surface area contributed by atoms with E-state index in [2.05, 4.69) is 36.1 Å². The number of benzene rings is 1. The fourth-order valence-corrected chi connectivity index (χ4v) is 2.26. The molecular weight excluding hydrogens is 212 g/mol. The topological polar surface area (TPSA) is 38.5 Å². The highest BCUT2D eigenvalue weighted by Gasteiger charge is 2.22. The molecule has 1 saturated heterocycles. The lowest BCUT2D eigenvalue weighted by Crippen LogP contribution is -2.23. The van der Waals surface area contributed by atoms with Crippen LogP contribution >= 0.6 is 0 Å². The Bertz CT molecular complexity index is 354. The van der Waals surface area contributed by atoms with Crippen molar-refractivity contribution in [3.8, 4) is 0 Å². The monoisotopic (exact) mass is 234 g/mol. The van der Waals surface area contributed by atoms with Crippen LogP contribution in [-0.4, -0.2) is 32.3 Å². The van der Waals surface area contributed by atoms with Gasteiger partial charge in [0.1, 0.15) is 0 Å². The van der Waals surface area contributed by atoms with E-state index in [9.17, 15) is 0 Å². The van der Waals surface area contributed by atoms with Crippen molar-refractivity contribution in [3.63, 3.8) is 0 Å². The van der Waals surface area contributed by atoms with E-state index in [1.807, 2.05) is 0 Å². The maximum absolute atomic E-state index is 5.80. The van der Waals surface area contributed by atoms with Crippen LogP contribution in [0.5, 0.6) is 0 Å². The number of hydrogen-bond acceptors (Lipinski definition) is 3. The van der Waals surface area contributed by atoms with Gasteiger partial charge in [0.25, 0.3) is 0 Å². The van der Waals surface area contributed by atoms with Gasteiger partial charge in [-0.2, -0.15) is 0 Å².